The maximum atomic E-state index is 12.0. The second-order valence-corrected chi connectivity index (χ2v) is 8.29. The van der Waals surface area contributed by atoms with Crippen molar-refractivity contribution in [3.05, 3.63) is 41.6 Å². The molecule has 0 spiro atoms. The Morgan fingerprint density at radius 3 is 2.52 bits per heavy atom. The van der Waals surface area contributed by atoms with Crippen molar-refractivity contribution in [1.82, 2.24) is 20.3 Å². The number of fused-ring (bicyclic) bond motifs is 1. The number of benzene rings is 1. The van der Waals surface area contributed by atoms with Crippen LogP contribution in [0.25, 0.3) is 22.4 Å². The van der Waals surface area contributed by atoms with Crippen molar-refractivity contribution in [3.8, 4) is 11.4 Å². The predicted octanol–water partition coefficient (Wildman–Crippen LogP) is 4.57. The summed E-state index contributed by atoms with van der Waals surface area (Å²) in [6.45, 7) is 12.0. The van der Waals surface area contributed by atoms with E-state index in [9.17, 15) is 4.79 Å². The van der Waals surface area contributed by atoms with Crippen LogP contribution in [0.4, 0.5) is 10.6 Å². The topological polar surface area (TPSA) is 91.9 Å². The van der Waals surface area contributed by atoms with E-state index in [1.807, 2.05) is 71.9 Å². The molecule has 3 N–H and O–H groups in total. The fraction of sp³-hybridized carbons (Fsp3) is 0.409. The zero-order valence-corrected chi connectivity index (χ0v) is 17.9. The lowest BCUT2D eigenvalue weighted by Crippen LogP contribution is -2.40. The van der Waals surface area contributed by atoms with Crippen molar-refractivity contribution >= 4 is 22.9 Å². The average molecular weight is 396 g/mol. The minimum atomic E-state index is -0.527. The van der Waals surface area contributed by atoms with Gasteiger partial charge in [-0.2, -0.15) is 0 Å². The first-order valence-corrected chi connectivity index (χ1v) is 9.80. The van der Waals surface area contributed by atoms with E-state index in [0.717, 1.165) is 33.7 Å². The Morgan fingerprint density at radius 2 is 1.86 bits per heavy atom. The molecule has 0 saturated heterocycles. The van der Waals surface area contributed by atoms with Crippen LogP contribution in [0, 0.1) is 13.8 Å². The van der Waals surface area contributed by atoms with Gasteiger partial charge in [0.1, 0.15) is 17.1 Å². The van der Waals surface area contributed by atoms with E-state index in [1.54, 1.807) is 0 Å². The van der Waals surface area contributed by atoms with Crippen molar-refractivity contribution in [2.75, 3.05) is 11.9 Å². The molecular weight excluding hydrogens is 366 g/mol. The number of hydrogen-bond donors (Lipinski definition) is 3. The quantitative estimate of drug-likeness (QED) is 0.589. The third kappa shape index (κ3) is 5.04. The summed E-state index contributed by atoms with van der Waals surface area (Å²) in [7, 11) is 0. The highest BCUT2D eigenvalue weighted by Crippen LogP contribution is 2.29. The molecule has 2 aromatic heterocycles. The fourth-order valence-corrected chi connectivity index (χ4v) is 3.02. The molecule has 0 aliphatic heterocycles. The molecular formula is C22H29N5O2. The monoisotopic (exact) mass is 395 g/mol. The number of alkyl carbamates (subject to hydrolysis) is 1. The van der Waals surface area contributed by atoms with Crippen molar-refractivity contribution in [1.29, 1.82) is 0 Å². The molecule has 0 aliphatic carbocycles. The highest BCUT2D eigenvalue weighted by molar-refractivity contribution is 5.92. The van der Waals surface area contributed by atoms with Crippen LogP contribution in [0.15, 0.2) is 30.3 Å². The largest absolute Gasteiger partial charge is 0.444 e. The van der Waals surface area contributed by atoms with Crippen LogP contribution in [-0.2, 0) is 4.74 Å². The molecule has 2 heterocycles. The summed E-state index contributed by atoms with van der Waals surface area (Å²) < 4.78 is 5.32. The number of aromatic amines is 1. The Kier molecular flexibility index (Phi) is 5.77. The number of H-pyrrole nitrogens is 1. The molecule has 0 fully saturated rings. The maximum absolute atomic E-state index is 12.0. The number of anilines is 1. The molecule has 0 unspecified atom stereocenters. The Bertz CT molecular complexity index is 1010. The summed E-state index contributed by atoms with van der Waals surface area (Å²) in [5.74, 6) is 1.39. The number of aromatic nitrogens is 3. The second-order valence-electron chi connectivity index (χ2n) is 8.29. The molecule has 1 atom stereocenters. The summed E-state index contributed by atoms with van der Waals surface area (Å²) in [5.41, 5.74) is 3.38. The molecule has 7 heteroatoms. The van der Waals surface area contributed by atoms with E-state index < -0.39 is 11.7 Å². The van der Waals surface area contributed by atoms with Crippen LogP contribution in [-0.4, -0.2) is 39.2 Å². The molecule has 3 rings (SSSR count). The van der Waals surface area contributed by atoms with Crippen molar-refractivity contribution < 1.29 is 9.53 Å². The fourth-order valence-electron chi connectivity index (χ4n) is 3.02. The SMILES string of the molecule is Cc1[nH]c2nc(-c3ccccc3)nc(NC[C@H](C)NC(=O)OC(C)(C)C)c2c1C. The molecule has 154 valence electrons. The van der Waals surface area contributed by atoms with Crippen LogP contribution in [0.1, 0.15) is 39.0 Å². The van der Waals surface area contributed by atoms with Gasteiger partial charge >= 0.3 is 6.09 Å². The van der Waals surface area contributed by atoms with Gasteiger partial charge in [-0.1, -0.05) is 30.3 Å². The highest BCUT2D eigenvalue weighted by atomic mass is 16.6. The van der Waals surface area contributed by atoms with Crippen molar-refractivity contribution in [2.24, 2.45) is 0 Å². The van der Waals surface area contributed by atoms with Crippen LogP contribution in [0.3, 0.4) is 0 Å². The predicted molar refractivity (Wildman–Crippen MR) is 116 cm³/mol. The second kappa shape index (κ2) is 8.11. The molecule has 0 saturated carbocycles. The number of carbonyl (C=O) groups is 1. The van der Waals surface area contributed by atoms with Gasteiger partial charge in [-0.05, 0) is 47.1 Å². The first kappa shape index (κ1) is 20.6. The van der Waals surface area contributed by atoms with Crippen LogP contribution >= 0.6 is 0 Å². The molecule has 0 radical (unpaired) electrons. The van der Waals surface area contributed by atoms with E-state index in [-0.39, 0.29) is 6.04 Å². The number of carbonyl (C=O) groups excluding carboxylic acids is 1. The average Bonchev–Trinajstić information content (AvgIpc) is 2.93. The molecule has 29 heavy (non-hydrogen) atoms. The number of hydrogen-bond acceptors (Lipinski definition) is 5. The minimum absolute atomic E-state index is 0.143. The van der Waals surface area contributed by atoms with Crippen LogP contribution in [0.5, 0.6) is 0 Å². The number of aryl methyl sites for hydroxylation is 2. The van der Waals surface area contributed by atoms with E-state index in [2.05, 4.69) is 15.6 Å². The lowest BCUT2D eigenvalue weighted by atomic mass is 10.2. The standard InChI is InChI=1S/C22H29N5O2/c1-13(24-21(28)29-22(4,5)6)12-23-19-17-14(2)15(3)25-20(17)27-18(26-19)16-10-8-7-9-11-16/h7-11,13H,12H2,1-6H3,(H,24,28)(H2,23,25,26,27)/t13-/m0/s1. The van der Waals surface area contributed by atoms with Gasteiger partial charge in [-0.25, -0.2) is 14.8 Å². The molecule has 0 bridgehead atoms. The Balaban J connectivity index is 1.83. The first-order chi connectivity index (χ1) is 13.6. The van der Waals surface area contributed by atoms with E-state index >= 15 is 0 Å². The van der Waals surface area contributed by atoms with Gasteiger partial charge in [0.2, 0.25) is 0 Å². The molecule has 0 aliphatic rings. The number of amides is 1. The minimum Gasteiger partial charge on any atom is -0.444 e. The number of ether oxygens (including phenoxy) is 1. The van der Waals surface area contributed by atoms with Gasteiger partial charge in [0.05, 0.1) is 5.39 Å². The van der Waals surface area contributed by atoms with Gasteiger partial charge < -0.3 is 20.4 Å². The Hall–Kier alpha value is -3.09. The van der Waals surface area contributed by atoms with Gasteiger partial charge in [-0.15, -0.1) is 0 Å². The summed E-state index contributed by atoms with van der Waals surface area (Å²) in [6.07, 6.45) is -0.432. The van der Waals surface area contributed by atoms with Crippen LogP contribution < -0.4 is 10.6 Å². The summed E-state index contributed by atoms with van der Waals surface area (Å²) in [5, 5.41) is 7.19. The lowest BCUT2D eigenvalue weighted by Gasteiger charge is -2.22. The van der Waals surface area contributed by atoms with Crippen molar-refractivity contribution in [2.45, 2.75) is 53.2 Å². The maximum Gasteiger partial charge on any atom is 0.407 e. The smallest absolute Gasteiger partial charge is 0.407 e. The zero-order valence-electron chi connectivity index (χ0n) is 17.9. The number of rotatable bonds is 5. The van der Waals surface area contributed by atoms with Gasteiger partial charge in [-0.3, -0.25) is 0 Å². The van der Waals surface area contributed by atoms with Crippen molar-refractivity contribution in [3.63, 3.8) is 0 Å². The molecule has 1 aromatic carbocycles. The molecule has 7 nitrogen and oxygen atoms in total. The lowest BCUT2D eigenvalue weighted by molar-refractivity contribution is 0.0511. The first-order valence-electron chi connectivity index (χ1n) is 9.80. The summed E-state index contributed by atoms with van der Waals surface area (Å²) in [4.78, 5) is 24.8. The highest BCUT2D eigenvalue weighted by Gasteiger charge is 2.19. The van der Waals surface area contributed by atoms with E-state index in [4.69, 9.17) is 14.7 Å². The van der Waals surface area contributed by atoms with E-state index in [0.29, 0.717) is 12.4 Å². The van der Waals surface area contributed by atoms with Gasteiger partial charge in [0, 0.05) is 23.8 Å². The summed E-state index contributed by atoms with van der Waals surface area (Å²) >= 11 is 0. The third-order valence-corrected chi connectivity index (χ3v) is 4.52. The Labute approximate surface area is 171 Å². The summed E-state index contributed by atoms with van der Waals surface area (Å²) in [6, 6.07) is 9.73. The van der Waals surface area contributed by atoms with Gasteiger partial charge in [0.15, 0.2) is 5.82 Å². The number of nitrogens with zero attached hydrogens (tertiary/aromatic N) is 2. The molecule has 3 aromatic rings. The normalized spacial score (nSPS) is 12.6. The van der Waals surface area contributed by atoms with Crippen LogP contribution in [0.2, 0.25) is 0 Å². The third-order valence-electron chi connectivity index (χ3n) is 4.52. The van der Waals surface area contributed by atoms with Gasteiger partial charge in [0.25, 0.3) is 0 Å². The Morgan fingerprint density at radius 1 is 1.17 bits per heavy atom. The zero-order chi connectivity index (χ0) is 21.2. The molecule has 1 amide bonds. The van der Waals surface area contributed by atoms with E-state index in [1.165, 1.54) is 0 Å². The number of nitrogens with one attached hydrogen (secondary N) is 3.